The fourth-order valence-electron chi connectivity index (χ4n) is 2.30. The lowest BCUT2D eigenvalue weighted by Gasteiger charge is -2.19. The molecule has 1 aliphatic heterocycles. The maximum absolute atomic E-state index is 13.5. The molecule has 98 valence electrons. The van der Waals surface area contributed by atoms with E-state index in [0.29, 0.717) is 35.2 Å². The Hall–Kier alpha value is -1.72. The molecule has 19 heavy (non-hydrogen) atoms. The summed E-state index contributed by atoms with van der Waals surface area (Å²) >= 11 is 5.72. The van der Waals surface area contributed by atoms with Gasteiger partial charge in [0.25, 0.3) is 0 Å². The minimum absolute atomic E-state index is 0.0987. The molecule has 0 unspecified atom stereocenters. The van der Waals surface area contributed by atoms with Crippen LogP contribution in [0, 0.1) is 5.82 Å². The zero-order chi connectivity index (χ0) is 13.6. The Morgan fingerprint density at radius 3 is 3.00 bits per heavy atom. The molecule has 0 atom stereocenters. The highest BCUT2D eigenvalue weighted by atomic mass is 35.5. The van der Waals surface area contributed by atoms with Gasteiger partial charge in [0.2, 0.25) is 0 Å². The first-order valence-corrected chi connectivity index (χ1v) is 6.07. The van der Waals surface area contributed by atoms with E-state index in [1.807, 2.05) is 0 Å². The molecule has 2 aromatic rings. The minimum Gasteiger partial charge on any atom is -0.478 e. The summed E-state index contributed by atoms with van der Waals surface area (Å²) in [4.78, 5) is 15.8. The highest BCUT2D eigenvalue weighted by molar-refractivity contribution is 6.31. The average molecular weight is 282 g/mol. The summed E-state index contributed by atoms with van der Waals surface area (Å²) in [5.41, 5.74) is 1.60. The van der Waals surface area contributed by atoms with Crippen LogP contribution >= 0.6 is 11.6 Å². The largest absolute Gasteiger partial charge is 0.478 e. The van der Waals surface area contributed by atoms with E-state index in [1.165, 1.54) is 12.1 Å². The normalized spacial score (nSPS) is 14.4. The molecule has 0 amide bonds. The number of fused-ring (bicyclic) bond motifs is 2. The minimum atomic E-state index is -1.09. The SMILES string of the molecule is O=C(O)c1c2c(nc3cc(F)c(Cl)cc13)CCOC2. The molecule has 1 N–H and O–H groups in total. The first-order chi connectivity index (χ1) is 9.08. The van der Waals surface area contributed by atoms with Crippen LogP contribution < -0.4 is 0 Å². The lowest BCUT2D eigenvalue weighted by molar-refractivity contribution is 0.0683. The van der Waals surface area contributed by atoms with Crippen LogP contribution in [0.4, 0.5) is 4.39 Å². The van der Waals surface area contributed by atoms with E-state index in [9.17, 15) is 14.3 Å². The van der Waals surface area contributed by atoms with Gasteiger partial charge in [-0.3, -0.25) is 4.98 Å². The van der Waals surface area contributed by atoms with E-state index < -0.39 is 11.8 Å². The van der Waals surface area contributed by atoms with E-state index in [-0.39, 0.29) is 17.2 Å². The summed E-state index contributed by atoms with van der Waals surface area (Å²) < 4.78 is 18.7. The molecule has 3 rings (SSSR count). The predicted octanol–water partition coefficient (Wildman–Crippen LogP) is 2.80. The molecule has 0 spiro atoms. The van der Waals surface area contributed by atoms with Gasteiger partial charge < -0.3 is 9.84 Å². The monoisotopic (exact) mass is 281 g/mol. The Morgan fingerprint density at radius 2 is 2.26 bits per heavy atom. The number of carboxylic acid groups (broad SMARTS) is 1. The van der Waals surface area contributed by atoms with Gasteiger partial charge in [0.15, 0.2) is 0 Å². The van der Waals surface area contributed by atoms with Gasteiger partial charge in [-0.1, -0.05) is 11.6 Å². The summed E-state index contributed by atoms with van der Waals surface area (Å²) in [6.45, 7) is 0.690. The number of aromatic nitrogens is 1. The Kier molecular flexibility index (Phi) is 2.88. The van der Waals surface area contributed by atoms with E-state index in [2.05, 4.69) is 4.98 Å². The second-order valence-electron chi connectivity index (χ2n) is 4.30. The van der Waals surface area contributed by atoms with Crippen LogP contribution in [0.5, 0.6) is 0 Å². The van der Waals surface area contributed by atoms with Gasteiger partial charge in [-0.25, -0.2) is 9.18 Å². The molecule has 0 bridgehead atoms. The molecule has 2 heterocycles. The highest BCUT2D eigenvalue weighted by Crippen LogP contribution is 2.30. The zero-order valence-corrected chi connectivity index (χ0v) is 10.5. The van der Waals surface area contributed by atoms with Gasteiger partial charge >= 0.3 is 5.97 Å². The number of carboxylic acids is 1. The highest BCUT2D eigenvalue weighted by Gasteiger charge is 2.23. The van der Waals surface area contributed by atoms with Gasteiger partial charge in [0, 0.05) is 29.1 Å². The quantitative estimate of drug-likeness (QED) is 0.873. The van der Waals surface area contributed by atoms with Gasteiger partial charge in [-0.05, 0) is 6.07 Å². The number of pyridine rings is 1. The lowest BCUT2D eigenvalue weighted by atomic mass is 9.98. The van der Waals surface area contributed by atoms with Crippen LogP contribution in [-0.4, -0.2) is 22.7 Å². The van der Waals surface area contributed by atoms with Crippen LogP contribution in [0.25, 0.3) is 10.9 Å². The van der Waals surface area contributed by atoms with Gasteiger partial charge in [-0.2, -0.15) is 0 Å². The molecule has 0 fully saturated rings. The second kappa shape index (κ2) is 4.43. The van der Waals surface area contributed by atoms with Crippen molar-refractivity contribution >= 4 is 28.5 Å². The van der Waals surface area contributed by atoms with Crippen LogP contribution in [0.3, 0.4) is 0 Å². The summed E-state index contributed by atoms with van der Waals surface area (Å²) in [5.74, 6) is -1.69. The number of benzene rings is 1. The number of hydrogen-bond acceptors (Lipinski definition) is 3. The number of ether oxygens (including phenoxy) is 1. The van der Waals surface area contributed by atoms with Crippen molar-refractivity contribution in [1.29, 1.82) is 0 Å². The Morgan fingerprint density at radius 1 is 1.47 bits per heavy atom. The third-order valence-electron chi connectivity index (χ3n) is 3.16. The first kappa shape index (κ1) is 12.3. The van der Waals surface area contributed by atoms with Crippen molar-refractivity contribution < 1.29 is 19.0 Å². The van der Waals surface area contributed by atoms with Crippen LogP contribution in [0.1, 0.15) is 21.6 Å². The predicted molar refractivity (Wildman–Crippen MR) is 67.0 cm³/mol. The number of halogens is 2. The molecular formula is C13H9ClFNO3. The molecule has 0 saturated heterocycles. The maximum Gasteiger partial charge on any atom is 0.336 e. The fraction of sp³-hybridized carbons (Fsp3) is 0.231. The molecule has 6 heteroatoms. The van der Waals surface area contributed by atoms with E-state index in [0.717, 1.165) is 0 Å². The third-order valence-corrected chi connectivity index (χ3v) is 3.45. The molecule has 0 aliphatic carbocycles. The molecule has 1 aromatic heterocycles. The van der Waals surface area contributed by atoms with Gasteiger partial charge in [0.1, 0.15) is 5.82 Å². The van der Waals surface area contributed by atoms with Crippen LogP contribution in [0.15, 0.2) is 12.1 Å². The zero-order valence-electron chi connectivity index (χ0n) is 9.74. The Bertz CT molecular complexity index is 702. The van der Waals surface area contributed by atoms with Crippen molar-refractivity contribution in [2.24, 2.45) is 0 Å². The fourth-order valence-corrected chi connectivity index (χ4v) is 2.46. The van der Waals surface area contributed by atoms with Crippen molar-refractivity contribution in [1.82, 2.24) is 4.98 Å². The lowest BCUT2D eigenvalue weighted by Crippen LogP contribution is -2.17. The van der Waals surface area contributed by atoms with E-state index in [1.54, 1.807) is 0 Å². The second-order valence-corrected chi connectivity index (χ2v) is 4.71. The number of hydrogen-bond donors (Lipinski definition) is 1. The number of carbonyl (C=O) groups is 1. The van der Waals surface area contributed by atoms with Crippen molar-refractivity contribution in [3.8, 4) is 0 Å². The van der Waals surface area contributed by atoms with Crippen molar-refractivity contribution in [3.63, 3.8) is 0 Å². The standard InChI is InChI=1S/C13H9ClFNO3/c14-8-3-6-11(4-9(8)15)16-10-1-2-19-5-7(10)12(6)13(17)18/h3-4H,1-2,5H2,(H,17,18). The molecule has 1 aromatic carbocycles. The third kappa shape index (κ3) is 1.95. The van der Waals surface area contributed by atoms with E-state index >= 15 is 0 Å². The Balaban J connectivity index is 2.42. The number of nitrogens with zero attached hydrogens (tertiary/aromatic N) is 1. The van der Waals surface area contributed by atoms with Crippen molar-refractivity contribution in [2.45, 2.75) is 13.0 Å². The summed E-state index contributed by atoms with van der Waals surface area (Å²) in [6.07, 6.45) is 0.524. The molecule has 0 radical (unpaired) electrons. The van der Waals surface area contributed by atoms with Crippen LogP contribution in [-0.2, 0) is 17.8 Å². The molecule has 1 aliphatic rings. The van der Waals surface area contributed by atoms with Gasteiger partial charge in [-0.15, -0.1) is 0 Å². The maximum atomic E-state index is 13.5. The Labute approximate surface area is 112 Å². The summed E-state index contributed by atoms with van der Waals surface area (Å²) in [7, 11) is 0. The van der Waals surface area contributed by atoms with E-state index in [4.69, 9.17) is 16.3 Å². The number of aromatic carboxylic acids is 1. The van der Waals surface area contributed by atoms with Crippen molar-refractivity contribution in [2.75, 3.05) is 6.61 Å². The molecule has 4 nitrogen and oxygen atoms in total. The summed E-state index contributed by atoms with van der Waals surface area (Å²) in [5, 5.41) is 9.60. The molecular weight excluding hydrogens is 273 g/mol. The van der Waals surface area contributed by atoms with Crippen molar-refractivity contribution in [3.05, 3.63) is 39.8 Å². The van der Waals surface area contributed by atoms with Crippen LogP contribution in [0.2, 0.25) is 5.02 Å². The summed E-state index contributed by atoms with van der Waals surface area (Å²) in [6, 6.07) is 2.47. The first-order valence-electron chi connectivity index (χ1n) is 5.69. The van der Waals surface area contributed by atoms with Gasteiger partial charge in [0.05, 0.1) is 29.3 Å². The topological polar surface area (TPSA) is 59.4 Å². The average Bonchev–Trinajstić information content (AvgIpc) is 2.37. The smallest absolute Gasteiger partial charge is 0.336 e. The molecule has 0 saturated carbocycles. The number of rotatable bonds is 1.